The van der Waals surface area contributed by atoms with Crippen molar-refractivity contribution < 1.29 is 19.5 Å². The highest BCUT2D eigenvalue weighted by atomic mass is 32.2. The summed E-state index contributed by atoms with van der Waals surface area (Å²) >= 11 is 1.65. The number of carboxylic acids is 1. The minimum absolute atomic E-state index is 0.189. The SMILES string of the molecule is CSCCC(C)C(=O)NC(CCCC=O)C(=O)O. The van der Waals surface area contributed by atoms with Crippen molar-refractivity contribution in [3.63, 3.8) is 0 Å². The largest absolute Gasteiger partial charge is 0.480 e. The van der Waals surface area contributed by atoms with Gasteiger partial charge in [-0.1, -0.05) is 6.92 Å². The fraction of sp³-hybridized carbons (Fsp3) is 0.750. The Kier molecular flexibility index (Phi) is 9.36. The number of carbonyl (C=O) groups excluding carboxylic acids is 2. The fourth-order valence-electron chi connectivity index (χ4n) is 1.40. The van der Waals surface area contributed by atoms with E-state index >= 15 is 0 Å². The number of aliphatic carboxylic acids is 1. The minimum atomic E-state index is -1.05. The Morgan fingerprint density at radius 3 is 2.56 bits per heavy atom. The van der Waals surface area contributed by atoms with E-state index in [-0.39, 0.29) is 18.2 Å². The number of aldehydes is 1. The summed E-state index contributed by atoms with van der Waals surface area (Å²) in [6.45, 7) is 1.79. The lowest BCUT2D eigenvalue weighted by atomic mass is 10.1. The molecule has 0 aliphatic heterocycles. The predicted octanol–water partition coefficient (Wildman–Crippen LogP) is 1.31. The quantitative estimate of drug-likeness (QED) is 0.464. The zero-order chi connectivity index (χ0) is 14.0. The highest BCUT2D eigenvalue weighted by Gasteiger charge is 2.22. The summed E-state index contributed by atoms with van der Waals surface area (Å²) in [5.41, 5.74) is 0. The number of nitrogens with one attached hydrogen (secondary N) is 1. The molecule has 18 heavy (non-hydrogen) atoms. The molecule has 2 unspecified atom stereocenters. The Morgan fingerprint density at radius 2 is 2.06 bits per heavy atom. The van der Waals surface area contributed by atoms with Crippen molar-refractivity contribution in [2.24, 2.45) is 5.92 Å². The highest BCUT2D eigenvalue weighted by molar-refractivity contribution is 7.98. The van der Waals surface area contributed by atoms with Crippen LogP contribution in [0.4, 0.5) is 0 Å². The van der Waals surface area contributed by atoms with E-state index in [1.165, 1.54) is 0 Å². The maximum Gasteiger partial charge on any atom is 0.326 e. The van der Waals surface area contributed by atoms with Gasteiger partial charge in [0, 0.05) is 12.3 Å². The summed E-state index contributed by atoms with van der Waals surface area (Å²) in [6.07, 6.45) is 4.52. The van der Waals surface area contributed by atoms with Crippen LogP contribution in [0.2, 0.25) is 0 Å². The van der Waals surface area contributed by atoms with Gasteiger partial charge in [-0.05, 0) is 31.3 Å². The van der Waals surface area contributed by atoms with Gasteiger partial charge < -0.3 is 15.2 Å². The van der Waals surface area contributed by atoms with Crippen LogP contribution in [-0.2, 0) is 14.4 Å². The Balaban J connectivity index is 4.17. The van der Waals surface area contributed by atoms with Crippen molar-refractivity contribution in [2.45, 2.75) is 38.6 Å². The molecule has 0 radical (unpaired) electrons. The van der Waals surface area contributed by atoms with Gasteiger partial charge in [-0.15, -0.1) is 0 Å². The van der Waals surface area contributed by atoms with Crippen molar-refractivity contribution in [2.75, 3.05) is 12.0 Å². The molecule has 104 valence electrons. The van der Waals surface area contributed by atoms with E-state index in [0.717, 1.165) is 18.5 Å². The number of hydrogen-bond donors (Lipinski definition) is 2. The van der Waals surface area contributed by atoms with Gasteiger partial charge in [-0.3, -0.25) is 4.79 Å². The second kappa shape index (κ2) is 9.94. The van der Waals surface area contributed by atoms with Crippen LogP contribution in [0.5, 0.6) is 0 Å². The molecule has 0 fully saturated rings. The van der Waals surface area contributed by atoms with Gasteiger partial charge in [0.25, 0.3) is 0 Å². The van der Waals surface area contributed by atoms with Crippen LogP contribution in [-0.4, -0.2) is 41.3 Å². The lowest BCUT2D eigenvalue weighted by Gasteiger charge is -2.17. The molecule has 5 nitrogen and oxygen atoms in total. The molecule has 2 atom stereocenters. The van der Waals surface area contributed by atoms with Gasteiger partial charge in [0.2, 0.25) is 5.91 Å². The summed E-state index contributed by atoms with van der Waals surface area (Å²) in [6, 6.07) is -0.894. The highest BCUT2D eigenvalue weighted by Crippen LogP contribution is 2.08. The summed E-state index contributed by atoms with van der Waals surface area (Å²) in [5, 5.41) is 11.5. The zero-order valence-corrected chi connectivity index (χ0v) is 11.7. The van der Waals surface area contributed by atoms with E-state index in [9.17, 15) is 14.4 Å². The summed E-state index contributed by atoms with van der Waals surface area (Å²) in [4.78, 5) is 32.9. The molecule has 0 rings (SSSR count). The van der Waals surface area contributed by atoms with Gasteiger partial charge in [0.15, 0.2) is 0 Å². The Hall–Kier alpha value is -1.04. The van der Waals surface area contributed by atoms with Crippen molar-refractivity contribution >= 4 is 29.9 Å². The Bertz CT molecular complexity index is 283. The first-order valence-corrected chi connectivity index (χ1v) is 7.38. The Morgan fingerprint density at radius 1 is 1.39 bits per heavy atom. The van der Waals surface area contributed by atoms with Gasteiger partial charge in [0.05, 0.1) is 0 Å². The number of unbranched alkanes of at least 4 members (excludes halogenated alkanes) is 1. The van der Waals surface area contributed by atoms with E-state index in [4.69, 9.17) is 5.11 Å². The van der Waals surface area contributed by atoms with Crippen molar-refractivity contribution in [3.8, 4) is 0 Å². The summed E-state index contributed by atoms with van der Waals surface area (Å²) in [7, 11) is 0. The molecule has 0 spiro atoms. The molecular weight excluding hydrogens is 254 g/mol. The third-order valence-electron chi connectivity index (χ3n) is 2.63. The van der Waals surface area contributed by atoms with E-state index in [1.807, 2.05) is 6.26 Å². The first-order chi connectivity index (χ1) is 8.52. The monoisotopic (exact) mass is 275 g/mol. The molecule has 0 aromatic carbocycles. The molecule has 0 bridgehead atoms. The van der Waals surface area contributed by atoms with Gasteiger partial charge in [0.1, 0.15) is 12.3 Å². The number of amides is 1. The standard InChI is InChI=1S/C12H21NO4S/c1-9(6-8-18-2)11(15)13-10(12(16)17)5-3-4-7-14/h7,9-10H,3-6,8H2,1-2H3,(H,13,15)(H,16,17). The smallest absolute Gasteiger partial charge is 0.326 e. The topological polar surface area (TPSA) is 83.5 Å². The fourth-order valence-corrected chi connectivity index (χ4v) is 1.99. The predicted molar refractivity (Wildman–Crippen MR) is 71.6 cm³/mol. The van der Waals surface area contributed by atoms with Crippen molar-refractivity contribution in [1.82, 2.24) is 5.32 Å². The molecule has 0 aromatic rings. The number of carboxylic acid groups (broad SMARTS) is 1. The third-order valence-corrected chi connectivity index (χ3v) is 3.28. The third kappa shape index (κ3) is 7.32. The molecule has 0 saturated heterocycles. The lowest BCUT2D eigenvalue weighted by molar-refractivity contribution is -0.142. The number of hydrogen-bond acceptors (Lipinski definition) is 4. The second-order valence-corrected chi connectivity index (χ2v) is 5.17. The van der Waals surface area contributed by atoms with Crippen LogP contribution in [0.25, 0.3) is 0 Å². The summed E-state index contributed by atoms with van der Waals surface area (Å²) < 4.78 is 0. The molecule has 0 heterocycles. The van der Waals surface area contributed by atoms with E-state index in [0.29, 0.717) is 12.8 Å². The summed E-state index contributed by atoms with van der Waals surface area (Å²) in [5.74, 6) is -0.600. The molecule has 0 aromatic heterocycles. The first-order valence-electron chi connectivity index (χ1n) is 5.98. The van der Waals surface area contributed by atoms with E-state index < -0.39 is 12.0 Å². The molecule has 0 saturated carbocycles. The second-order valence-electron chi connectivity index (χ2n) is 4.18. The molecule has 6 heteroatoms. The maximum absolute atomic E-state index is 11.7. The minimum Gasteiger partial charge on any atom is -0.480 e. The van der Waals surface area contributed by atoms with Gasteiger partial charge in [-0.25, -0.2) is 4.79 Å². The molecule has 0 aliphatic rings. The number of rotatable bonds is 10. The van der Waals surface area contributed by atoms with Crippen molar-refractivity contribution in [1.29, 1.82) is 0 Å². The van der Waals surface area contributed by atoms with E-state index in [1.54, 1.807) is 18.7 Å². The first kappa shape index (κ1) is 17.0. The maximum atomic E-state index is 11.7. The van der Waals surface area contributed by atoms with Gasteiger partial charge in [-0.2, -0.15) is 11.8 Å². The average molecular weight is 275 g/mol. The van der Waals surface area contributed by atoms with Crippen LogP contribution < -0.4 is 5.32 Å². The Labute approximate surface area is 112 Å². The van der Waals surface area contributed by atoms with E-state index in [2.05, 4.69) is 5.32 Å². The van der Waals surface area contributed by atoms with Crippen molar-refractivity contribution in [3.05, 3.63) is 0 Å². The number of thioether (sulfide) groups is 1. The zero-order valence-electron chi connectivity index (χ0n) is 10.8. The van der Waals surface area contributed by atoms with Gasteiger partial charge >= 0.3 is 5.97 Å². The molecule has 0 aliphatic carbocycles. The van der Waals surface area contributed by atoms with Crippen LogP contribution in [0.3, 0.4) is 0 Å². The normalized spacial score (nSPS) is 13.7. The lowest BCUT2D eigenvalue weighted by Crippen LogP contribution is -2.43. The molecular formula is C12H21NO4S. The molecule has 2 N–H and O–H groups in total. The average Bonchev–Trinajstić information content (AvgIpc) is 2.34. The van der Waals surface area contributed by atoms with Crippen LogP contribution in [0, 0.1) is 5.92 Å². The molecule has 1 amide bonds. The number of carbonyl (C=O) groups is 3. The van der Waals surface area contributed by atoms with Crippen LogP contribution in [0.15, 0.2) is 0 Å². The van der Waals surface area contributed by atoms with Crippen LogP contribution in [0.1, 0.15) is 32.6 Å². The van der Waals surface area contributed by atoms with Crippen LogP contribution >= 0.6 is 11.8 Å².